The second-order valence-corrected chi connectivity index (χ2v) is 7.91. The maximum atomic E-state index is 5.71. The molecule has 0 aliphatic heterocycles. The fourth-order valence-corrected chi connectivity index (χ4v) is 3.94. The molecule has 29 heavy (non-hydrogen) atoms. The van der Waals surface area contributed by atoms with Gasteiger partial charge in [-0.3, -0.25) is 0 Å². The van der Waals surface area contributed by atoms with E-state index in [9.17, 15) is 0 Å². The first-order chi connectivity index (χ1) is 14.2. The van der Waals surface area contributed by atoms with Crippen molar-refractivity contribution in [1.29, 1.82) is 0 Å². The molecule has 0 unspecified atom stereocenters. The average molecular weight is 478 g/mol. The van der Waals surface area contributed by atoms with Crippen molar-refractivity contribution in [3.05, 3.63) is 52.5 Å². The minimum absolute atomic E-state index is 0.599. The molecule has 0 fully saturated rings. The third kappa shape index (κ3) is 5.94. The first kappa shape index (κ1) is 21.6. The number of rotatable bonds is 11. The normalized spacial score (nSPS) is 10.9. The topological polar surface area (TPSA) is 74.1 Å². The number of benzene rings is 2. The van der Waals surface area contributed by atoms with E-state index >= 15 is 0 Å². The van der Waals surface area contributed by atoms with Crippen molar-refractivity contribution in [2.45, 2.75) is 25.5 Å². The van der Waals surface area contributed by atoms with Gasteiger partial charge in [-0.15, -0.1) is 5.10 Å². The Balaban J connectivity index is 1.53. The summed E-state index contributed by atoms with van der Waals surface area (Å²) in [5, 5.41) is 16.2. The molecule has 1 N–H and O–H groups in total. The number of nitrogens with one attached hydrogen (secondary N) is 1. The van der Waals surface area contributed by atoms with Crippen molar-refractivity contribution in [2.75, 3.05) is 25.5 Å². The minimum atomic E-state index is 0.599. The van der Waals surface area contributed by atoms with E-state index in [4.69, 9.17) is 9.47 Å². The van der Waals surface area contributed by atoms with Gasteiger partial charge in [-0.05, 0) is 54.1 Å². The molecule has 0 radical (unpaired) electrons. The molecule has 1 heterocycles. The van der Waals surface area contributed by atoms with E-state index in [-0.39, 0.29) is 0 Å². The predicted molar refractivity (Wildman–Crippen MR) is 118 cm³/mol. The van der Waals surface area contributed by atoms with Gasteiger partial charge >= 0.3 is 0 Å². The highest BCUT2D eigenvalue weighted by atomic mass is 79.9. The summed E-state index contributed by atoms with van der Waals surface area (Å²) in [4.78, 5) is 0. The summed E-state index contributed by atoms with van der Waals surface area (Å²) in [5.74, 6) is 2.37. The Morgan fingerprint density at radius 1 is 1.07 bits per heavy atom. The zero-order valence-corrected chi connectivity index (χ0v) is 18.9. The molecule has 0 spiro atoms. The predicted octanol–water partition coefficient (Wildman–Crippen LogP) is 4.10. The number of nitrogens with zero attached hydrogens (tertiary/aromatic N) is 4. The van der Waals surface area contributed by atoms with Crippen LogP contribution >= 0.6 is 27.7 Å². The highest BCUT2D eigenvalue weighted by Gasteiger charge is 2.11. The first-order valence-electron chi connectivity index (χ1n) is 9.48. The van der Waals surface area contributed by atoms with Crippen molar-refractivity contribution in [2.24, 2.45) is 0 Å². The zero-order valence-electron chi connectivity index (χ0n) is 16.5. The third-order valence-corrected chi connectivity index (χ3v) is 5.64. The van der Waals surface area contributed by atoms with Gasteiger partial charge in [-0.2, -0.15) is 4.68 Å². The van der Waals surface area contributed by atoms with E-state index in [0.717, 1.165) is 51.2 Å². The van der Waals surface area contributed by atoms with Crippen molar-refractivity contribution < 1.29 is 9.47 Å². The largest absolute Gasteiger partial charge is 0.490 e. The molecule has 0 saturated heterocycles. The zero-order chi connectivity index (χ0) is 20.5. The lowest BCUT2D eigenvalue weighted by Crippen LogP contribution is -2.17. The number of thioether (sulfide) groups is 1. The van der Waals surface area contributed by atoms with Crippen LogP contribution in [0.5, 0.6) is 11.5 Å². The monoisotopic (exact) mass is 477 g/mol. The van der Waals surface area contributed by atoms with Crippen LogP contribution < -0.4 is 14.8 Å². The van der Waals surface area contributed by atoms with Gasteiger partial charge in [0, 0.05) is 23.3 Å². The molecule has 0 atom stereocenters. The van der Waals surface area contributed by atoms with Crippen molar-refractivity contribution in [1.82, 2.24) is 25.5 Å². The van der Waals surface area contributed by atoms with Gasteiger partial charge in [0.2, 0.25) is 5.16 Å². The number of hydrogen-bond donors (Lipinski definition) is 1. The van der Waals surface area contributed by atoms with Crippen LogP contribution in [-0.4, -0.2) is 45.7 Å². The van der Waals surface area contributed by atoms with E-state index in [1.807, 2.05) is 56.3 Å². The number of hydrogen-bond acceptors (Lipinski definition) is 7. The number of aromatic nitrogens is 4. The lowest BCUT2D eigenvalue weighted by molar-refractivity contribution is 0.287. The van der Waals surface area contributed by atoms with Crippen molar-refractivity contribution >= 4 is 27.7 Å². The Morgan fingerprint density at radius 2 is 1.79 bits per heavy atom. The van der Waals surface area contributed by atoms with Gasteiger partial charge < -0.3 is 14.8 Å². The average Bonchev–Trinajstić information content (AvgIpc) is 3.20. The Hall–Kier alpha value is -2.10. The van der Waals surface area contributed by atoms with E-state index in [0.29, 0.717) is 13.2 Å². The van der Waals surface area contributed by atoms with E-state index < -0.39 is 0 Å². The van der Waals surface area contributed by atoms with Crippen LogP contribution in [-0.2, 0) is 6.54 Å². The van der Waals surface area contributed by atoms with Crippen LogP contribution in [0.15, 0.2) is 52.1 Å². The molecule has 0 aliphatic rings. The highest BCUT2D eigenvalue weighted by molar-refractivity contribution is 9.10. The summed E-state index contributed by atoms with van der Waals surface area (Å²) < 4.78 is 14.1. The highest BCUT2D eigenvalue weighted by Crippen LogP contribution is 2.34. The molecule has 0 saturated carbocycles. The van der Waals surface area contributed by atoms with Crippen LogP contribution in [0.4, 0.5) is 0 Å². The second-order valence-electron chi connectivity index (χ2n) is 5.99. The molecule has 7 nitrogen and oxygen atoms in total. The summed E-state index contributed by atoms with van der Waals surface area (Å²) in [6.45, 7) is 6.67. The van der Waals surface area contributed by atoms with Gasteiger partial charge in [0.25, 0.3) is 0 Å². The lowest BCUT2D eigenvalue weighted by atomic mass is 10.2. The van der Waals surface area contributed by atoms with Gasteiger partial charge in [0.15, 0.2) is 11.5 Å². The Kier molecular flexibility index (Phi) is 8.33. The quantitative estimate of drug-likeness (QED) is 0.329. The summed E-state index contributed by atoms with van der Waals surface area (Å²) in [7, 11) is 0. The van der Waals surface area contributed by atoms with Crippen LogP contribution in [0.3, 0.4) is 0 Å². The molecular weight excluding hydrogens is 454 g/mol. The number of ether oxygens (including phenoxy) is 2. The molecule has 0 amide bonds. The van der Waals surface area contributed by atoms with E-state index in [2.05, 4.69) is 36.8 Å². The minimum Gasteiger partial charge on any atom is -0.490 e. The van der Waals surface area contributed by atoms with E-state index in [1.54, 1.807) is 16.4 Å². The Bertz CT molecular complexity index is 907. The maximum absolute atomic E-state index is 5.71. The summed E-state index contributed by atoms with van der Waals surface area (Å²) in [6, 6.07) is 13.9. The van der Waals surface area contributed by atoms with Gasteiger partial charge in [-0.25, -0.2) is 0 Å². The van der Waals surface area contributed by atoms with Gasteiger partial charge in [0.05, 0.1) is 18.9 Å². The molecular formula is C20H24BrN5O2S. The van der Waals surface area contributed by atoms with Crippen LogP contribution in [0.25, 0.3) is 5.69 Å². The molecule has 3 rings (SSSR count). The lowest BCUT2D eigenvalue weighted by Gasteiger charge is -2.14. The SMILES string of the molecule is CCOc1cc(Br)c(CNCCSc2nnnn2-c2ccccc2)cc1OCC. The molecule has 9 heteroatoms. The second kappa shape index (κ2) is 11.2. The van der Waals surface area contributed by atoms with Gasteiger partial charge in [0.1, 0.15) is 0 Å². The number of halogens is 1. The third-order valence-electron chi connectivity index (χ3n) is 3.98. The number of tetrazole rings is 1. The standard InChI is InChI=1S/C20H24BrN5O2S/c1-3-27-18-12-15(17(21)13-19(18)28-4-2)14-22-10-11-29-20-23-24-25-26(20)16-8-6-5-7-9-16/h5-9,12-13,22H,3-4,10-11,14H2,1-2H3. The molecule has 0 aliphatic carbocycles. The van der Waals surface area contributed by atoms with Crippen LogP contribution in [0.1, 0.15) is 19.4 Å². The van der Waals surface area contributed by atoms with Crippen molar-refractivity contribution in [3.8, 4) is 17.2 Å². The maximum Gasteiger partial charge on any atom is 0.214 e. The number of para-hydroxylation sites is 1. The summed E-state index contributed by atoms with van der Waals surface area (Å²) in [6.07, 6.45) is 0. The smallest absolute Gasteiger partial charge is 0.214 e. The fraction of sp³-hybridized carbons (Fsp3) is 0.350. The van der Waals surface area contributed by atoms with Crippen LogP contribution in [0.2, 0.25) is 0 Å². The molecule has 0 bridgehead atoms. The van der Waals surface area contributed by atoms with Crippen molar-refractivity contribution in [3.63, 3.8) is 0 Å². The molecule has 3 aromatic rings. The Morgan fingerprint density at radius 3 is 2.52 bits per heavy atom. The summed E-state index contributed by atoms with van der Waals surface area (Å²) >= 11 is 5.24. The van der Waals surface area contributed by atoms with E-state index in [1.165, 1.54) is 0 Å². The Labute approximate surface area is 183 Å². The van der Waals surface area contributed by atoms with Crippen LogP contribution in [0, 0.1) is 0 Å². The van der Waals surface area contributed by atoms with Gasteiger partial charge in [-0.1, -0.05) is 45.9 Å². The first-order valence-corrected chi connectivity index (χ1v) is 11.3. The molecule has 1 aromatic heterocycles. The summed E-state index contributed by atoms with van der Waals surface area (Å²) in [5.41, 5.74) is 2.07. The molecule has 154 valence electrons. The molecule has 2 aromatic carbocycles. The fourth-order valence-electron chi connectivity index (χ4n) is 2.69.